The lowest BCUT2D eigenvalue weighted by molar-refractivity contribution is 0.0425. The fourth-order valence-electron chi connectivity index (χ4n) is 4.13. The zero-order valence-electron chi connectivity index (χ0n) is 21.0. The Morgan fingerprint density at radius 2 is 1.02 bits per heavy atom. The summed E-state index contributed by atoms with van der Waals surface area (Å²) in [6, 6.07) is 23.8. The third-order valence-corrected chi connectivity index (χ3v) is 6.18. The van der Waals surface area contributed by atoms with Gasteiger partial charge in [-0.25, -0.2) is 19.2 Å². The van der Waals surface area contributed by atoms with Crippen LogP contribution in [0.5, 0.6) is 0 Å². The molecule has 40 heavy (non-hydrogen) atoms. The number of carbonyl (C=O) groups excluding carboxylic acids is 5. The number of nitrogen functional groups attached to an aromatic ring is 1. The number of hydrogen-bond acceptors (Lipinski definition) is 8. The van der Waals surface area contributed by atoms with E-state index in [-0.39, 0.29) is 45.3 Å². The molecule has 0 atom stereocenters. The molecule has 7 N–H and O–H groups in total. The molecule has 4 aromatic rings. The number of ether oxygens (including phenoxy) is 2. The van der Waals surface area contributed by atoms with Crippen molar-refractivity contribution in [2.24, 2.45) is 0 Å². The Hall–Kier alpha value is -5.61. The van der Waals surface area contributed by atoms with Crippen LogP contribution < -0.4 is 11.9 Å². The Labute approximate surface area is 228 Å². The van der Waals surface area contributed by atoms with Gasteiger partial charge in [0.25, 0.3) is 0 Å². The Kier molecular flexibility index (Phi) is 7.55. The van der Waals surface area contributed by atoms with E-state index in [0.29, 0.717) is 5.69 Å². The molecule has 0 spiro atoms. The number of benzene rings is 4. The fraction of sp³-hybridized carbons (Fsp3) is 0.0333. The molecule has 10 heteroatoms. The highest BCUT2D eigenvalue weighted by molar-refractivity contribution is 6.19. The third-order valence-electron chi connectivity index (χ3n) is 6.18. The summed E-state index contributed by atoms with van der Waals surface area (Å²) in [4.78, 5) is 56.4. The highest BCUT2D eigenvalue weighted by Gasteiger charge is 2.33. The predicted molar refractivity (Wildman–Crippen MR) is 147 cm³/mol. The van der Waals surface area contributed by atoms with Crippen molar-refractivity contribution in [2.75, 3.05) is 5.73 Å². The second kappa shape index (κ2) is 11.0. The molecule has 2 heterocycles. The van der Waals surface area contributed by atoms with Crippen LogP contribution in [0.4, 0.5) is 11.4 Å². The molecule has 4 aromatic carbocycles. The number of carbonyl (C=O) groups is 4. The highest BCUT2D eigenvalue weighted by atomic mass is 16.6. The van der Waals surface area contributed by atoms with Gasteiger partial charge in [-0.3, -0.25) is 4.79 Å². The summed E-state index contributed by atoms with van der Waals surface area (Å²) in [5.41, 5.74) is 17.7. The maximum atomic E-state index is 11.6. The molecule has 0 saturated heterocycles. The summed E-state index contributed by atoms with van der Waals surface area (Å²) in [5, 5.41) is 0. The number of cyclic esters (lactones) is 4. The van der Waals surface area contributed by atoms with Crippen molar-refractivity contribution in [3.8, 4) is 0 Å². The molecule has 200 valence electrons. The molecule has 2 aliphatic rings. The van der Waals surface area contributed by atoms with Gasteiger partial charge in [0.2, 0.25) is 0 Å². The number of esters is 4. The van der Waals surface area contributed by atoms with E-state index in [1.165, 1.54) is 47.5 Å². The second-order valence-corrected chi connectivity index (χ2v) is 8.84. The van der Waals surface area contributed by atoms with E-state index < -0.39 is 23.9 Å². The Balaban J connectivity index is 0.000000200. The Morgan fingerprint density at radius 3 is 1.48 bits per heavy atom. The number of nitrogens with one attached hydrogen (secondary N) is 1. The van der Waals surface area contributed by atoms with Crippen LogP contribution in [0, 0.1) is 0 Å². The van der Waals surface area contributed by atoms with E-state index in [1.54, 1.807) is 0 Å². The van der Waals surface area contributed by atoms with Crippen molar-refractivity contribution in [2.45, 2.75) is 6.42 Å². The fourth-order valence-corrected chi connectivity index (χ4v) is 4.13. The van der Waals surface area contributed by atoms with Crippen LogP contribution in [-0.2, 0) is 15.9 Å². The molecule has 0 aliphatic carbocycles. The van der Waals surface area contributed by atoms with Gasteiger partial charge >= 0.3 is 29.7 Å². The van der Waals surface area contributed by atoms with Crippen molar-refractivity contribution in [3.05, 3.63) is 135 Å². The van der Waals surface area contributed by atoms with Crippen molar-refractivity contribution in [1.29, 1.82) is 0 Å². The summed E-state index contributed by atoms with van der Waals surface area (Å²) in [6.45, 7) is 0. The van der Waals surface area contributed by atoms with Crippen LogP contribution in [0.25, 0.3) is 5.73 Å². The molecule has 2 aliphatic heterocycles. The first-order valence-electron chi connectivity index (χ1n) is 11.7. The van der Waals surface area contributed by atoms with E-state index in [0.717, 1.165) is 12.1 Å². The van der Waals surface area contributed by atoms with Gasteiger partial charge in [0, 0.05) is 5.69 Å². The third kappa shape index (κ3) is 5.47. The van der Waals surface area contributed by atoms with E-state index >= 15 is 0 Å². The lowest BCUT2D eigenvalue weighted by Crippen LogP contribution is -2.06. The standard InChI is InChI=1S/C17H6O7.C13H13N2.H3N/c18-13(7-1-3-9-11(5-7)16(21)23-14(9)19)8-2-4-10-12(6-8)17(22)24-15(10)20;14-12-5-1-10(2-6-12)9-11-3-7-13(15)8-4-11;/h1-6H;1-8,14H,9,15H2;1H3/q;-1;/p+1. The number of ketones is 1. The molecular weight excluding hydrogens is 514 g/mol. The van der Waals surface area contributed by atoms with E-state index in [2.05, 4.69) is 9.47 Å². The van der Waals surface area contributed by atoms with Crippen LogP contribution >= 0.6 is 0 Å². The summed E-state index contributed by atoms with van der Waals surface area (Å²) in [5.74, 6) is -3.26. The van der Waals surface area contributed by atoms with Gasteiger partial charge in [-0.05, 0) is 66.1 Å². The van der Waals surface area contributed by atoms with Crippen molar-refractivity contribution >= 4 is 41.0 Å². The molecule has 0 saturated carbocycles. The van der Waals surface area contributed by atoms with E-state index in [9.17, 15) is 24.0 Å². The molecule has 6 rings (SSSR count). The molecule has 0 aromatic heterocycles. The predicted octanol–water partition coefficient (Wildman–Crippen LogP) is 4.95. The number of nitrogens with two attached hydrogens (primary N) is 1. The number of hydrogen-bond donors (Lipinski definition) is 2. The van der Waals surface area contributed by atoms with Gasteiger partial charge in [-0.15, -0.1) is 5.69 Å². The number of anilines is 1. The number of fused-ring (bicyclic) bond motifs is 2. The van der Waals surface area contributed by atoms with Crippen LogP contribution in [0.15, 0.2) is 84.9 Å². The molecule has 0 fully saturated rings. The lowest BCUT2D eigenvalue weighted by Gasteiger charge is -2.05. The lowest BCUT2D eigenvalue weighted by atomic mass is 9.96. The minimum absolute atomic E-state index is 0. The van der Waals surface area contributed by atoms with Crippen LogP contribution in [0.3, 0.4) is 0 Å². The van der Waals surface area contributed by atoms with Gasteiger partial charge in [-0.1, -0.05) is 36.4 Å². The molecule has 10 nitrogen and oxygen atoms in total. The molecule has 0 bridgehead atoms. The largest absolute Gasteiger partial charge is 0.699 e. The highest BCUT2D eigenvalue weighted by Crippen LogP contribution is 2.25. The van der Waals surface area contributed by atoms with Gasteiger partial charge in [-0.2, -0.15) is 0 Å². The topological polar surface area (TPSA) is 193 Å². The summed E-state index contributed by atoms with van der Waals surface area (Å²) >= 11 is 0. The van der Waals surface area contributed by atoms with E-state index in [4.69, 9.17) is 11.5 Å². The second-order valence-electron chi connectivity index (χ2n) is 8.84. The zero-order valence-corrected chi connectivity index (χ0v) is 21.0. The average Bonchev–Trinajstić information content (AvgIpc) is 3.39. The van der Waals surface area contributed by atoms with Gasteiger partial charge in [0.05, 0.1) is 33.4 Å². The van der Waals surface area contributed by atoms with Crippen LogP contribution in [0.1, 0.15) is 63.7 Å². The van der Waals surface area contributed by atoms with E-state index in [1.807, 2.05) is 48.5 Å². The Bertz CT molecular complexity index is 1550. The SMILES string of the molecule is N.O=C1OC(=O)c2cc(C(=[OH+])c3ccc4c(c3)C(=O)OC4=O)ccc21.[NH-]c1ccc(Cc2ccc(N)cc2)cc1. The molecule has 0 unspecified atom stereocenters. The van der Waals surface area contributed by atoms with Crippen molar-refractivity contribution in [1.82, 2.24) is 6.15 Å². The van der Waals surface area contributed by atoms with Gasteiger partial charge in [0.1, 0.15) is 0 Å². The minimum Gasteiger partial charge on any atom is -0.699 e. The minimum atomic E-state index is -0.784. The molecule has 0 radical (unpaired) electrons. The van der Waals surface area contributed by atoms with Crippen LogP contribution in [-0.4, -0.2) is 34.5 Å². The maximum absolute atomic E-state index is 11.6. The first-order chi connectivity index (χ1) is 18.7. The molecule has 0 amide bonds. The van der Waals surface area contributed by atoms with Crippen LogP contribution in [0.2, 0.25) is 0 Å². The Morgan fingerprint density at radius 1 is 0.625 bits per heavy atom. The monoisotopic (exact) mass is 537 g/mol. The van der Waals surface area contributed by atoms with Gasteiger partial charge < -0.3 is 27.1 Å². The normalized spacial score (nSPS) is 12.8. The summed E-state index contributed by atoms with van der Waals surface area (Å²) in [6.07, 6.45) is 0.889. The van der Waals surface area contributed by atoms with Crippen molar-refractivity contribution < 1.29 is 33.4 Å². The first kappa shape index (κ1) is 27.4. The smallest absolute Gasteiger partial charge is 0.354 e. The van der Waals surface area contributed by atoms with Gasteiger partial charge in [0.15, 0.2) is 0 Å². The quantitative estimate of drug-likeness (QED) is 0.120. The van der Waals surface area contributed by atoms with Crippen molar-refractivity contribution in [3.63, 3.8) is 0 Å². The zero-order chi connectivity index (χ0) is 27.7. The summed E-state index contributed by atoms with van der Waals surface area (Å²) in [7, 11) is 0. The average molecular weight is 538 g/mol. The molecular formula is C30H23N3O7. The number of rotatable bonds is 4. The first-order valence-corrected chi connectivity index (χ1v) is 11.7. The summed E-state index contributed by atoms with van der Waals surface area (Å²) < 4.78 is 8.98. The maximum Gasteiger partial charge on any atom is 0.354 e.